The first-order valence-electron chi connectivity index (χ1n) is 13.2. The lowest BCUT2D eigenvalue weighted by Crippen LogP contribution is -2.29. The van der Waals surface area contributed by atoms with Crippen LogP contribution in [0.25, 0.3) is 11.0 Å². The van der Waals surface area contributed by atoms with Gasteiger partial charge in [-0.2, -0.15) is 0 Å². The van der Waals surface area contributed by atoms with Gasteiger partial charge in [0.1, 0.15) is 11.6 Å². The highest BCUT2D eigenvalue weighted by molar-refractivity contribution is 5.95. The van der Waals surface area contributed by atoms with Crippen LogP contribution in [0.1, 0.15) is 67.3 Å². The molecule has 0 saturated heterocycles. The number of hydrogen-bond acceptors (Lipinski definition) is 5. The number of fused-ring (bicyclic) bond motifs is 1. The van der Waals surface area contributed by atoms with Crippen molar-refractivity contribution < 1.29 is 19.0 Å². The molecule has 7 nitrogen and oxygen atoms in total. The van der Waals surface area contributed by atoms with Gasteiger partial charge in [0.2, 0.25) is 0 Å². The lowest BCUT2D eigenvalue weighted by molar-refractivity contribution is 0.0937. The SMILES string of the molecule is CCC(C)c1ccc(OCCCn2c(C(C)NC(=O)c3ccc(OC)c(OC)c3)nc3ccccc32)cc1. The van der Waals surface area contributed by atoms with Gasteiger partial charge in [-0.3, -0.25) is 4.79 Å². The number of aryl methyl sites for hydroxylation is 1. The van der Waals surface area contributed by atoms with Crippen molar-refractivity contribution in [1.29, 1.82) is 0 Å². The first kappa shape index (κ1) is 27.0. The topological polar surface area (TPSA) is 74.6 Å². The maximum absolute atomic E-state index is 13.1. The van der Waals surface area contributed by atoms with E-state index in [4.69, 9.17) is 19.2 Å². The van der Waals surface area contributed by atoms with Crippen LogP contribution in [0.4, 0.5) is 0 Å². The van der Waals surface area contributed by atoms with Crippen molar-refractivity contribution in [2.24, 2.45) is 0 Å². The van der Waals surface area contributed by atoms with Crippen LogP contribution in [-0.4, -0.2) is 36.3 Å². The van der Waals surface area contributed by atoms with Crippen molar-refractivity contribution in [3.63, 3.8) is 0 Å². The molecule has 0 bridgehead atoms. The molecule has 200 valence electrons. The number of hydrogen-bond donors (Lipinski definition) is 1. The number of aromatic nitrogens is 2. The molecule has 0 saturated carbocycles. The lowest BCUT2D eigenvalue weighted by atomic mass is 9.99. The predicted octanol–water partition coefficient (Wildman–Crippen LogP) is 6.53. The standard InChI is InChI=1S/C31H37N3O4/c1-6-21(2)23-12-15-25(16-13-23)38-19-9-18-34-27-11-8-7-10-26(27)33-30(34)22(3)32-31(35)24-14-17-28(36-4)29(20-24)37-5/h7-8,10-17,20-22H,6,9,18-19H2,1-5H3,(H,32,35). The van der Waals surface area contributed by atoms with E-state index in [-0.39, 0.29) is 11.9 Å². The molecule has 0 aliphatic carbocycles. The largest absolute Gasteiger partial charge is 0.494 e. The smallest absolute Gasteiger partial charge is 0.251 e. The molecule has 3 aromatic carbocycles. The molecule has 38 heavy (non-hydrogen) atoms. The highest BCUT2D eigenvalue weighted by Crippen LogP contribution is 2.28. The third-order valence-corrected chi connectivity index (χ3v) is 6.92. The summed E-state index contributed by atoms with van der Waals surface area (Å²) in [6.07, 6.45) is 1.92. The second kappa shape index (κ2) is 12.5. The maximum Gasteiger partial charge on any atom is 0.251 e. The summed E-state index contributed by atoms with van der Waals surface area (Å²) < 4.78 is 18.8. The third kappa shape index (κ3) is 6.10. The van der Waals surface area contributed by atoms with E-state index in [0.717, 1.165) is 42.0 Å². The molecule has 1 N–H and O–H groups in total. The molecule has 0 fully saturated rings. The van der Waals surface area contributed by atoms with Crippen molar-refractivity contribution in [3.05, 3.63) is 83.7 Å². The zero-order chi connectivity index (χ0) is 27.1. The van der Waals surface area contributed by atoms with Crippen LogP contribution in [0.3, 0.4) is 0 Å². The number of methoxy groups -OCH3 is 2. The summed E-state index contributed by atoms with van der Waals surface area (Å²) in [5.41, 5.74) is 3.76. The Kier molecular flexibility index (Phi) is 8.89. The van der Waals surface area contributed by atoms with Crippen LogP contribution < -0.4 is 19.5 Å². The van der Waals surface area contributed by atoms with Gasteiger partial charge in [-0.15, -0.1) is 0 Å². The summed E-state index contributed by atoms with van der Waals surface area (Å²) in [7, 11) is 3.12. The lowest BCUT2D eigenvalue weighted by Gasteiger charge is -2.17. The number of amides is 1. The van der Waals surface area contributed by atoms with Crippen molar-refractivity contribution in [3.8, 4) is 17.2 Å². The molecule has 1 heterocycles. The van der Waals surface area contributed by atoms with E-state index in [1.165, 1.54) is 5.56 Å². The normalized spacial score (nSPS) is 12.7. The van der Waals surface area contributed by atoms with Crippen LogP contribution in [0.5, 0.6) is 17.2 Å². The van der Waals surface area contributed by atoms with E-state index in [0.29, 0.717) is 29.6 Å². The van der Waals surface area contributed by atoms with E-state index < -0.39 is 0 Å². The van der Waals surface area contributed by atoms with Crippen molar-refractivity contribution >= 4 is 16.9 Å². The minimum Gasteiger partial charge on any atom is -0.494 e. The first-order valence-corrected chi connectivity index (χ1v) is 13.2. The molecule has 0 aliphatic heterocycles. The molecule has 0 radical (unpaired) electrons. The zero-order valence-electron chi connectivity index (χ0n) is 22.9. The van der Waals surface area contributed by atoms with Crippen LogP contribution in [0, 0.1) is 0 Å². The van der Waals surface area contributed by atoms with E-state index in [9.17, 15) is 4.79 Å². The second-order valence-corrected chi connectivity index (χ2v) is 9.46. The van der Waals surface area contributed by atoms with Gasteiger partial charge in [-0.25, -0.2) is 4.98 Å². The quantitative estimate of drug-likeness (QED) is 0.217. The molecule has 2 unspecified atom stereocenters. The molecule has 1 amide bonds. The highest BCUT2D eigenvalue weighted by atomic mass is 16.5. The van der Waals surface area contributed by atoms with Gasteiger partial charge in [0, 0.05) is 12.1 Å². The Morgan fingerprint density at radius 1 is 0.974 bits per heavy atom. The molecule has 7 heteroatoms. The summed E-state index contributed by atoms with van der Waals surface area (Å²) in [6.45, 7) is 7.69. The van der Waals surface area contributed by atoms with E-state index >= 15 is 0 Å². The van der Waals surface area contributed by atoms with Gasteiger partial charge in [0.05, 0.1) is 37.9 Å². The number of para-hydroxylation sites is 2. The minimum absolute atomic E-state index is 0.207. The number of rotatable bonds is 12. The number of carbonyl (C=O) groups excluding carboxylic acids is 1. The molecular weight excluding hydrogens is 478 g/mol. The predicted molar refractivity (Wildman–Crippen MR) is 150 cm³/mol. The Morgan fingerprint density at radius 2 is 1.71 bits per heavy atom. The fraction of sp³-hybridized carbons (Fsp3) is 0.355. The Hall–Kier alpha value is -4.00. The highest BCUT2D eigenvalue weighted by Gasteiger charge is 2.20. The van der Waals surface area contributed by atoms with Crippen LogP contribution in [0.2, 0.25) is 0 Å². The van der Waals surface area contributed by atoms with Gasteiger partial charge < -0.3 is 24.1 Å². The summed E-state index contributed by atoms with van der Waals surface area (Å²) in [5.74, 6) is 3.11. The average Bonchev–Trinajstić information content (AvgIpc) is 3.33. The second-order valence-electron chi connectivity index (χ2n) is 9.46. The van der Waals surface area contributed by atoms with E-state index in [1.807, 2.05) is 37.3 Å². The number of nitrogens with one attached hydrogen (secondary N) is 1. The first-order chi connectivity index (χ1) is 18.4. The van der Waals surface area contributed by atoms with Gasteiger partial charge in [-0.1, -0.05) is 38.1 Å². The van der Waals surface area contributed by atoms with Crippen molar-refractivity contribution in [1.82, 2.24) is 14.9 Å². The Bertz CT molecular complexity index is 1360. The fourth-order valence-corrected chi connectivity index (χ4v) is 4.52. The van der Waals surface area contributed by atoms with Crippen LogP contribution >= 0.6 is 0 Å². The fourth-order valence-electron chi connectivity index (χ4n) is 4.52. The Labute approximate surface area is 224 Å². The molecular formula is C31H37N3O4. The number of ether oxygens (including phenoxy) is 3. The summed E-state index contributed by atoms with van der Waals surface area (Å²) in [5, 5.41) is 3.09. The van der Waals surface area contributed by atoms with Crippen molar-refractivity contribution in [2.45, 2.75) is 52.1 Å². The molecule has 0 aliphatic rings. The average molecular weight is 516 g/mol. The van der Waals surface area contributed by atoms with Gasteiger partial charge in [0.25, 0.3) is 5.91 Å². The summed E-state index contributed by atoms with van der Waals surface area (Å²) in [4.78, 5) is 17.9. The number of imidazole rings is 1. The Balaban J connectivity index is 1.44. The molecule has 4 rings (SSSR count). The minimum atomic E-state index is -0.308. The summed E-state index contributed by atoms with van der Waals surface area (Å²) >= 11 is 0. The van der Waals surface area contributed by atoms with E-state index in [1.54, 1.807) is 32.4 Å². The number of benzene rings is 3. The molecule has 2 atom stereocenters. The number of nitrogens with zero attached hydrogens (tertiary/aromatic N) is 2. The summed E-state index contributed by atoms with van der Waals surface area (Å²) in [6, 6.07) is 21.2. The monoisotopic (exact) mass is 515 g/mol. The number of carbonyl (C=O) groups is 1. The molecule has 4 aromatic rings. The molecule has 1 aromatic heterocycles. The van der Waals surface area contributed by atoms with E-state index in [2.05, 4.69) is 41.9 Å². The van der Waals surface area contributed by atoms with Crippen molar-refractivity contribution in [2.75, 3.05) is 20.8 Å². The van der Waals surface area contributed by atoms with Crippen LogP contribution in [-0.2, 0) is 6.54 Å². The molecule has 0 spiro atoms. The van der Waals surface area contributed by atoms with Gasteiger partial charge in [0.15, 0.2) is 11.5 Å². The van der Waals surface area contributed by atoms with Gasteiger partial charge in [-0.05, 0) is 73.7 Å². The van der Waals surface area contributed by atoms with Crippen LogP contribution in [0.15, 0.2) is 66.7 Å². The third-order valence-electron chi connectivity index (χ3n) is 6.92. The Morgan fingerprint density at radius 3 is 2.42 bits per heavy atom. The zero-order valence-corrected chi connectivity index (χ0v) is 22.9. The maximum atomic E-state index is 13.1. The van der Waals surface area contributed by atoms with Gasteiger partial charge >= 0.3 is 0 Å².